The van der Waals surface area contributed by atoms with E-state index in [0.717, 1.165) is 37.5 Å². The summed E-state index contributed by atoms with van der Waals surface area (Å²) in [6, 6.07) is 18.9. The highest BCUT2D eigenvalue weighted by molar-refractivity contribution is 7.92. The Kier molecular flexibility index (Phi) is 11.4. The van der Waals surface area contributed by atoms with Gasteiger partial charge in [-0.3, -0.25) is 13.9 Å². The minimum absolute atomic E-state index is 0.00375. The van der Waals surface area contributed by atoms with Gasteiger partial charge in [-0.25, -0.2) is 8.42 Å². The van der Waals surface area contributed by atoms with Crippen LogP contribution in [0.4, 0.5) is 5.69 Å². The molecule has 0 saturated heterocycles. The fraction of sp³-hybridized carbons (Fsp3) is 0.412. The summed E-state index contributed by atoms with van der Waals surface area (Å²) in [5, 5.41) is 4.04. The van der Waals surface area contributed by atoms with Crippen LogP contribution in [0.2, 0.25) is 10.0 Å². The molecule has 9 nitrogen and oxygen atoms in total. The number of anilines is 1. The zero-order valence-electron chi connectivity index (χ0n) is 25.8. The predicted molar refractivity (Wildman–Crippen MR) is 180 cm³/mol. The third-order valence-electron chi connectivity index (χ3n) is 8.29. The molecular formula is C34H39Cl2N3O6S. The van der Waals surface area contributed by atoms with Crippen LogP contribution in [-0.2, 0) is 32.6 Å². The van der Waals surface area contributed by atoms with E-state index in [0.29, 0.717) is 52.4 Å². The molecule has 0 bridgehead atoms. The van der Waals surface area contributed by atoms with E-state index in [-0.39, 0.29) is 43.8 Å². The van der Waals surface area contributed by atoms with Crippen molar-refractivity contribution in [3.63, 3.8) is 0 Å². The lowest BCUT2D eigenvalue weighted by Gasteiger charge is -2.33. The molecule has 1 N–H and O–H groups in total. The van der Waals surface area contributed by atoms with Gasteiger partial charge >= 0.3 is 0 Å². The molecule has 1 aliphatic heterocycles. The summed E-state index contributed by atoms with van der Waals surface area (Å²) in [6.45, 7) is 0.932. The maximum Gasteiger partial charge on any atom is 0.243 e. The molecule has 3 aromatic carbocycles. The molecule has 3 aromatic rings. The monoisotopic (exact) mass is 687 g/mol. The van der Waals surface area contributed by atoms with Crippen LogP contribution in [0.15, 0.2) is 66.7 Å². The standard InChI is InChI=1S/C34H39Cl2N3O6S/c1-46(42,43)39(28-15-16-31-32(22-28)45-19-18-44-31)17-7-12-33(40)38(23-25-13-14-26(35)21-29(25)36)30(20-24-8-3-2-4-9-24)34(41)37-27-10-5-6-11-27/h2-4,8-9,13-16,21-22,27,30H,5-7,10-12,17-20,23H2,1H3,(H,37,41). The zero-order chi connectivity index (χ0) is 32.7. The number of hydrogen-bond donors (Lipinski definition) is 1. The minimum atomic E-state index is -3.69. The summed E-state index contributed by atoms with van der Waals surface area (Å²) in [5.74, 6) is 0.513. The number of carbonyl (C=O) groups is 2. The van der Waals surface area contributed by atoms with Crippen LogP contribution in [0.5, 0.6) is 11.5 Å². The molecule has 1 unspecified atom stereocenters. The van der Waals surface area contributed by atoms with Crippen LogP contribution in [0.1, 0.15) is 49.7 Å². The highest BCUT2D eigenvalue weighted by Crippen LogP contribution is 2.35. The first-order valence-corrected chi connectivity index (χ1v) is 18.1. The number of amides is 2. The van der Waals surface area contributed by atoms with Crippen LogP contribution in [0.3, 0.4) is 0 Å². The van der Waals surface area contributed by atoms with Gasteiger partial charge in [-0.15, -0.1) is 0 Å². The number of halogens is 2. The first kappa shape index (κ1) is 33.9. The zero-order valence-corrected chi connectivity index (χ0v) is 28.1. The van der Waals surface area contributed by atoms with Crippen LogP contribution in [0.25, 0.3) is 0 Å². The van der Waals surface area contributed by atoms with Crippen molar-refractivity contribution in [3.8, 4) is 11.5 Å². The lowest BCUT2D eigenvalue weighted by atomic mass is 10.0. The SMILES string of the molecule is CS(=O)(=O)N(CCCC(=O)N(Cc1ccc(Cl)cc1Cl)C(Cc1ccccc1)C(=O)NC1CCCC1)c1ccc2c(c1)OCCO2. The van der Waals surface area contributed by atoms with Gasteiger partial charge in [-0.2, -0.15) is 0 Å². The second-order valence-corrected chi connectivity index (χ2v) is 14.5. The number of fused-ring (bicyclic) bond motifs is 1. The van der Waals surface area contributed by atoms with Crippen molar-refractivity contribution in [1.82, 2.24) is 10.2 Å². The molecule has 0 radical (unpaired) electrons. The van der Waals surface area contributed by atoms with E-state index < -0.39 is 16.1 Å². The van der Waals surface area contributed by atoms with Gasteiger partial charge in [0.2, 0.25) is 21.8 Å². The Balaban J connectivity index is 1.39. The van der Waals surface area contributed by atoms with Gasteiger partial charge in [0.25, 0.3) is 0 Å². The molecule has 2 aliphatic rings. The molecule has 1 fully saturated rings. The van der Waals surface area contributed by atoms with Crippen molar-refractivity contribution in [2.75, 3.05) is 30.3 Å². The topological polar surface area (TPSA) is 105 Å². The van der Waals surface area contributed by atoms with Crippen LogP contribution < -0.4 is 19.1 Å². The van der Waals surface area contributed by atoms with Gasteiger partial charge in [0.05, 0.1) is 11.9 Å². The number of rotatable bonds is 13. The molecule has 46 heavy (non-hydrogen) atoms. The summed E-state index contributed by atoms with van der Waals surface area (Å²) >= 11 is 12.7. The normalized spacial score (nSPS) is 15.3. The Morgan fingerprint density at radius 2 is 1.67 bits per heavy atom. The molecule has 1 aliphatic carbocycles. The Morgan fingerprint density at radius 3 is 2.37 bits per heavy atom. The van der Waals surface area contributed by atoms with Gasteiger partial charge in [0.1, 0.15) is 19.3 Å². The summed E-state index contributed by atoms with van der Waals surface area (Å²) in [4.78, 5) is 29.6. The highest BCUT2D eigenvalue weighted by atomic mass is 35.5. The van der Waals surface area contributed by atoms with Crippen LogP contribution in [-0.4, -0.2) is 63.2 Å². The average Bonchev–Trinajstić information content (AvgIpc) is 3.54. The largest absolute Gasteiger partial charge is 0.486 e. The lowest BCUT2D eigenvalue weighted by Crippen LogP contribution is -2.52. The Labute approximate surface area is 280 Å². The molecule has 246 valence electrons. The number of nitrogens with one attached hydrogen (secondary N) is 1. The first-order chi connectivity index (χ1) is 22.1. The first-order valence-electron chi connectivity index (χ1n) is 15.5. The maximum atomic E-state index is 14.1. The van der Waals surface area contributed by atoms with Gasteiger partial charge in [0, 0.05) is 48.1 Å². The predicted octanol–water partition coefficient (Wildman–Crippen LogP) is 6.01. The maximum absolute atomic E-state index is 14.1. The third-order valence-corrected chi connectivity index (χ3v) is 10.1. The van der Waals surface area contributed by atoms with Crippen molar-refractivity contribution in [3.05, 3.63) is 87.9 Å². The fourth-order valence-electron chi connectivity index (χ4n) is 5.95. The van der Waals surface area contributed by atoms with E-state index >= 15 is 0 Å². The molecule has 5 rings (SSSR count). The molecular weight excluding hydrogens is 649 g/mol. The van der Waals surface area contributed by atoms with Crippen molar-refractivity contribution in [1.29, 1.82) is 0 Å². The van der Waals surface area contributed by atoms with E-state index in [1.807, 2.05) is 30.3 Å². The lowest BCUT2D eigenvalue weighted by molar-refractivity contribution is -0.141. The number of carbonyl (C=O) groups excluding carboxylic acids is 2. The van der Waals surface area contributed by atoms with E-state index in [4.69, 9.17) is 32.7 Å². The molecule has 12 heteroatoms. The number of ether oxygens (including phenoxy) is 2. The van der Waals surface area contributed by atoms with E-state index in [2.05, 4.69) is 5.32 Å². The molecule has 0 aromatic heterocycles. The van der Waals surface area contributed by atoms with Crippen molar-refractivity contribution >= 4 is 50.7 Å². The van der Waals surface area contributed by atoms with Crippen LogP contribution in [0, 0.1) is 0 Å². The third kappa shape index (κ3) is 8.86. The second kappa shape index (κ2) is 15.4. The van der Waals surface area contributed by atoms with Gasteiger partial charge in [-0.05, 0) is 54.7 Å². The quantitative estimate of drug-likeness (QED) is 0.236. The van der Waals surface area contributed by atoms with Gasteiger partial charge in [-0.1, -0.05) is 72.4 Å². The summed E-state index contributed by atoms with van der Waals surface area (Å²) in [5.41, 5.74) is 1.98. The molecule has 1 saturated carbocycles. The molecule has 1 heterocycles. The summed E-state index contributed by atoms with van der Waals surface area (Å²) in [7, 11) is -3.69. The van der Waals surface area contributed by atoms with Crippen LogP contribution >= 0.6 is 23.2 Å². The van der Waals surface area contributed by atoms with E-state index in [9.17, 15) is 18.0 Å². The van der Waals surface area contributed by atoms with E-state index in [1.165, 1.54) is 4.31 Å². The fourth-order valence-corrected chi connectivity index (χ4v) is 7.37. The smallest absolute Gasteiger partial charge is 0.243 e. The Morgan fingerprint density at radius 1 is 0.957 bits per heavy atom. The van der Waals surface area contributed by atoms with Gasteiger partial charge < -0.3 is 19.7 Å². The summed E-state index contributed by atoms with van der Waals surface area (Å²) < 4.78 is 38.2. The Bertz CT molecular complexity index is 1630. The minimum Gasteiger partial charge on any atom is -0.486 e. The average molecular weight is 689 g/mol. The number of nitrogens with zero attached hydrogens (tertiary/aromatic N) is 2. The van der Waals surface area contributed by atoms with E-state index in [1.54, 1.807) is 41.3 Å². The second-order valence-electron chi connectivity index (χ2n) is 11.7. The van der Waals surface area contributed by atoms with Gasteiger partial charge in [0.15, 0.2) is 11.5 Å². The molecule has 0 spiro atoms. The summed E-state index contributed by atoms with van der Waals surface area (Å²) in [6.07, 6.45) is 5.57. The van der Waals surface area contributed by atoms with Crippen molar-refractivity contribution in [2.45, 2.75) is 63.6 Å². The van der Waals surface area contributed by atoms with Crippen molar-refractivity contribution < 1.29 is 27.5 Å². The molecule has 2 amide bonds. The highest BCUT2D eigenvalue weighted by Gasteiger charge is 2.33. The number of benzene rings is 3. The number of sulfonamides is 1. The Hall–Kier alpha value is -3.47. The van der Waals surface area contributed by atoms with Crippen molar-refractivity contribution in [2.24, 2.45) is 0 Å². The number of hydrogen-bond acceptors (Lipinski definition) is 6. The molecule has 1 atom stereocenters.